The van der Waals surface area contributed by atoms with Gasteiger partial charge in [-0.15, -0.1) is 0 Å². The smallest absolute Gasteiger partial charge is 0.407 e. The molecule has 0 aliphatic heterocycles. The number of nitrogens with one attached hydrogen (secondary N) is 1. The van der Waals surface area contributed by atoms with Crippen LogP contribution in [-0.2, 0) is 9.53 Å². The zero-order chi connectivity index (χ0) is 14.1. The number of ketones is 1. The number of ether oxygens (including phenoxy) is 1. The maximum Gasteiger partial charge on any atom is 0.407 e. The van der Waals surface area contributed by atoms with Crippen LogP contribution in [0.1, 0.15) is 54.4 Å². The lowest BCUT2D eigenvalue weighted by molar-refractivity contribution is -0.133. The van der Waals surface area contributed by atoms with Gasteiger partial charge >= 0.3 is 6.09 Å². The minimum Gasteiger partial charge on any atom is -0.444 e. The van der Waals surface area contributed by atoms with Crippen molar-refractivity contribution in [3.8, 4) is 0 Å². The first-order valence-corrected chi connectivity index (χ1v) is 6.53. The lowest BCUT2D eigenvalue weighted by atomic mass is 9.70. The van der Waals surface area contributed by atoms with Gasteiger partial charge in [0.25, 0.3) is 0 Å². The van der Waals surface area contributed by atoms with Gasteiger partial charge in [-0.1, -0.05) is 20.8 Å². The highest BCUT2D eigenvalue weighted by Crippen LogP contribution is 2.34. The standard InChI is InChI=1S/C14H25NO3/c1-13(2,3)11(16)9-7-10(8-9)15-12(17)18-14(4,5)6/h9-10H,7-8H2,1-6H3,(H,15,17). The summed E-state index contributed by atoms with van der Waals surface area (Å²) in [6.07, 6.45) is 1.07. The van der Waals surface area contributed by atoms with E-state index in [0.29, 0.717) is 0 Å². The van der Waals surface area contributed by atoms with E-state index in [9.17, 15) is 9.59 Å². The second kappa shape index (κ2) is 4.90. The fourth-order valence-corrected chi connectivity index (χ4v) is 2.04. The Morgan fingerprint density at radius 1 is 1.06 bits per heavy atom. The molecule has 1 saturated carbocycles. The molecule has 1 N–H and O–H groups in total. The van der Waals surface area contributed by atoms with Gasteiger partial charge in [0.15, 0.2) is 0 Å². The average Bonchev–Trinajstić information content (AvgIpc) is 2.04. The average molecular weight is 255 g/mol. The van der Waals surface area contributed by atoms with Crippen LogP contribution in [0.15, 0.2) is 0 Å². The zero-order valence-electron chi connectivity index (χ0n) is 12.3. The molecule has 1 amide bonds. The summed E-state index contributed by atoms with van der Waals surface area (Å²) in [7, 11) is 0. The van der Waals surface area contributed by atoms with Crippen molar-refractivity contribution in [2.24, 2.45) is 11.3 Å². The van der Waals surface area contributed by atoms with E-state index in [0.717, 1.165) is 12.8 Å². The number of alkyl carbamates (subject to hydrolysis) is 1. The summed E-state index contributed by atoms with van der Waals surface area (Å²) in [5, 5.41) is 2.80. The summed E-state index contributed by atoms with van der Waals surface area (Å²) >= 11 is 0. The first-order valence-electron chi connectivity index (χ1n) is 6.53. The second-order valence-electron chi connectivity index (χ2n) is 7.13. The third-order valence-corrected chi connectivity index (χ3v) is 2.97. The normalized spacial score (nSPS) is 24.1. The van der Waals surface area contributed by atoms with Crippen LogP contribution < -0.4 is 5.32 Å². The van der Waals surface area contributed by atoms with Crippen molar-refractivity contribution >= 4 is 11.9 Å². The summed E-state index contributed by atoms with van der Waals surface area (Å²) < 4.78 is 5.17. The van der Waals surface area contributed by atoms with Gasteiger partial charge in [-0.05, 0) is 33.6 Å². The number of Topliss-reactive ketones (excluding diaryl/α,β-unsaturated/α-hetero) is 1. The van der Waals surface area contributed by atoms with Crippen LogP contribution in [0.3, 0.4) is 0 Å². The van der Waals surface area contributed by atoms with E-state index in [1.807, 2.05) is 41.5 Å². The van der Waals surface area contributed by atoms with Crippen molar-refractivity contribution in [3.05, 3.63) is 0 Å². The van der Waals surface area contributed by atoms with E-state index in [1.54, 1.807) is 0 Å². The van der Waals surface area contributed by atoms with Gasteiger partial charge in [0.05, 0.1) is 0 Å². The molecule has 0 aromatic heterocycles. The summed E-state index contributed by atoms with van der Waals surface area (Å²) in [5.41, 5.74) is -0.768. The number of rotatable bonds is 2. The first-order chi connectivity index (χ1) is 7.99. The van der Waals surface area contributed by atoms with Crippen LogP contribution in [0.25, 0.3) is 0 Å². The molecule has 0 bridgehead atoms. The van der Waals surface area contributed by atoms with Crippen LogP contribution in [0.2, 0.25) is 0 Å². The van der Waals surface area contributed by atoms with Gasteiger partial charge in [0.2, 0.25) is 0 Å². The van der Waals surface area contributed by atoms with Gasteiger partial charge < -0.3 is 10.1 Å². The molecule has 0 aromatic rings. The lowest BCUT2D eigenvalue weighted by Crippen LogP contribution is -2.49. The number of carbonyl (C=O) groups excluding carboxylic acids is 2. The molecule has 1 aliphatic rings. The van der Waals surface area contributed by atoms with Crippen molar-refractivity contribution in [1.29, 1.82) is 0 Å². The quantitative estimate of drug-likeness (QED) is 0.825. The fourth-order valence-electron chi connectivity index (χ4n) is 2.04. The molecular formula is C14H25NO3. The van der Waals surface area contributed by atoms with Crippen molar-refractivity contribution in [2.45, 2.75) is 66.0 Å². The van der Waals surface area contributed by atoms with E-state index in [2.05, 4.69) is 5.32 Å². The Bertz CT molecular complexity index is 330. The van der Waals surface area contributed by atoms with Crippen LogP contribution in [0.4, 0.5) is 4.79 Å². The summed E-state index contributed by atoms with van der Waals surface area (Å²) in [6.45, 7) is 11.3. The van der Waals surface area contributed by atoms with E-state index < -0.39 is 11.7 Å². The molecule has 1 rings (SSSR count). The molecule has 0 heterocycles. The topological polar surface area (TPSA) is 55.4 Å². The van der Waals surface area contributed by atoms with Crippen LogP contribution in [-0.4, -0.2) is 23.5 Å². The Balaban J connectivity index is 2.32. The van der Waals surface area contributed by atoms with Crippen LogP contribution >= 0.6 is 0 Å². The third kappa shape index (κ3) is 4.31. The van der Waals surface area contributed by atoms with Gasteiger partial charge in [0, 0.05) is 17.4 Å². The molecule has 104 valence electrons. The van der Waals surface area contributed by atoms with E-state index in [1.165, 1.54) is 0 Å². The molecule has 4 heteroatoms. The van der Waals surface area contributed by atoms with E-state index in [4.69, 9.17) is 4.74 Å². The van der Waals surface area contributed by atoms with E-state index >= 15 is 0 Å². The highest BCUT2D eigenvalue weighted by molar-refractivity contribution is 5.87. The maximum atomic E-state index is 12.0. The molecule has 0 aromatic carbocycles. The fraction of sp³-hybridized carbons (Fsp3) is 0.857. The van der Waals surface area contributed by atoms with Crippen molar-refractivity contribution in [2.75, 3.05) is 0 Å². The molecule has 0 radical (unpaired) electrons. The predicted molar refractivity (Wildman–Crippen MR) is 70.3 cm³/mol. The Labute approximate surface area is 109 Å². The summed E-state index contributed by atoms with van der Waals surface area (Å²) in [4.78, 5) is 23.5. The Morgan fingerprint density at radius 2 is 1.56 bits per heavy atom. The molecule has 0 spiro atoms. The van der Waals surface area contributed by atoms with Crippen LogP contribution in [0.5, 0.6) is 0 Å². The monoisotopic (exact) mass is 255 g/mol. The van der Waals surface area contributed by atoms with Gasteiger partial charge in [-0.3, -0.25) is 4.79 Å². The zero-order valence-corrected chi connectivity index (χ0v) is 12.3. The molecule has 0 atom stereocenters. The summed E-state index contributed by atoms with van der Waals surface area (Å²) in [5.74, 6) is 0.370. The highest BCUT2D eigenvalue weighted by atomic mass is 16.6. The van der Waals surface area contributed by atoms with Gasteiger partial charge in [-0.2, -0.15) is 0 Å². The Kier molecular flexibility index (Phi) is 4.08. The van der Waals surface area contributed by atoms with Gasteiger partial charge in [0.1, 0.15) is 11.4 Å². The Hall–Kier alpha value is -1.06. The number of carbonyl (C=O) groups is 2. The molecule has 1 fully saturated rings. The minimum absolute atomic E-state index is 0.0798. The number of hydrogen-bond donors (Lipinski definition) is 1. The molecule has 4 nitrogen and oxygen atoms in total. The summed E-state index contributed by atoms with van der Waals surface area (Å²) in [6, 6.07) is 0.0798. The molecule has 18 heavy (non-hydrogen) atoms. The molecule has 0 unspecified atom stereocenters. The first kappa shape index (κ1) is 15.0. The SMILES string of the molecule is CC(C)(C)OC(=O)NC1CC(C(=O)C(C)(C)C)C1. The van der Waals surface area contributed by atoms with Gasteiger partial charge in [-0.25, -0.2) is 4.79 Å². The predicted octanol–water partition coefficient (Wildman–Crippen LogP) is 2.90. The largest absolute Gasteiger partial charge is 0.444 e. The molecule has 0 saturated heterocycles. The lowest BCUT2D eigenvalue weighted by Gasteiger charge is -2.38. The minimum atomic E-state index is -0.478. The number of hydrogen-bond acceptors (Lipinski definition) is 3. The molecular weight excluding hydrogens is 230 g/mol. The third-order valence-electron chi connectivity index (χ3n) is 2.97. The van der Waals surface area contributed by atoms with Crippen LogP contribution in [0, 0.1) is 11.3 Å². The molecule has 1 aliphatic carbocycles. The maximum absolute atomic E-state index is 12.0. The number of amides is 1. The highest BCUT2D eigenvalue weighted by Gasteiger charge is 2.40. The Morgan fingerprint density at radius 3 is 1.94 bits per heavy atom. The van der Waals surface area contributed by atoms with Crippen molar-refractivity contribution < 1.29 is 14.3 Å². The van der Waals surface area contributed by atoms with Crippen molar-refractivity contribution in [3.63, 3.8) is 0 Å². The van der Waals surface area contributed by atoms with E-state index in [-0.39, 0.29) is 23.2 Å². The second-order valence-corrected chi connectivity index (χ2v) is 7.13. The van der Waals surface area contributed by atoms with Crippen molar-refractivity contribution in [1.82, 2.24) is 5.32 Å².